The molecule has 1 aliphatic rings. The van der Waals surface area contributed by atoms with Gasteiger partial charge in [0.25, 0.3) is 5.91 Å². The van der Waals surface area contributed by atoms with Crippen LogP contribution in [0.5, 0.6) is 17.2 Å². The van der Waals surface area contributed by atoms with E-state index in [1.54, 1.807) is 55.9 Å². The molecular weight excluding hydrogens is 454 g/mol. The molecule has 0 unspecified atom stereocenters. The molecule has 4 aromatic rings. The Morgan fingerprint density at radius 3 is 2.68 bits per heavy atom. The summed E-state index contributed by atoms with van der Waals surface area (Å²) in [5.74, 6) is 1.36. The van der Waals surface area contributed by atoms with Crippen LogP contribution in [0.4, 0.5) is 5.69 Å². The zero-order valence-electron chi connectivity index (χ0n) is 18.3. The van der Waals surface area contributed by atoms with E-state index in [2.05, 4.69) is 9.97 Å². The molecule has 170 valence electrons. The normalized spacial score (nSPS) is 12.6. The maximum Gasteiger partial charge on any atom is 0.266 e. The third kappa shape index (κ3) is 4.38. The molecule has 2 aromatic carbocycles. The monoisotopic (exact) mass is 473 g/mol. The number of halogens is 1. The van der Waals surface area contributed by atoms with Crippen molar-refractivity contribution < 1.29 is 19.0 Å². The minimum Gasteiger partial charge on any atom is -0.493 e. The van der Waals surface area contributed by atoms with Gasteiger partial charge in [-0.1, -0.05) is 29.8 Å². The predicted molar refractivity (Wildman–Crippen MR) is 129 cm³/mol. The fraction of sp³-hybridized carbons (Fsp3) is 0.115. The minimum atomic E-state index is -0.206. The Hall–Kier alpha value is -4.10. The van der Waals surface area contributed by atoms with Gasteiger partial charge in [0.05, 0.1) is 18.5 Å². The molecule has 34 heavy (non-hydrogen) atoms. The number of pyridine rings is 2. The van der Waals surface area contributed by atoms with Crippen molar-refractivity contribution in [3.8, 4) is 28.5 Å². The van der Waals surface area contributed by atoms with Crippen molar-refractivity contribution in [2.75, 3.05) is 18.7 Å². The number of methoxy groups -OCH3 is 1. The van der Waals surface area contributed by atoms with Gasteiger partial charge < -0.3 is 14.2 Å². The van der Waals surface area contributed by atoms with Crippen molar-refractivity contribution in [3.63, 3.8) is 0 Å². The van der Waals surface area contributed by atoms with E-state index < -0.39 is 0 Å². The number of carbonyl (C=O) groups is 1. The molecule has 0 saturated carbocycles. The number of anilines is 1. The van der Waals surface area contributed by atoms with Crippen LogP contribution < -0.4 is 19.1 Å². The van der Waals surface area contributed by atoms with Crippen molar-refractivity contribution in [2.45, 2.75) is 6.61 Å². The highest BCUT2D eigenvalue weighted by Crippen LogP contribution is 2.36. The third-order valence-corrected chi connectivity index (χ3v) is 5.66. The molecule has 5 rings (SSSR count). The lowest BCUT2D eigenvalue weighted by molar-refractivity contribution is 0.0936. The van der Waals surface area contributed by atoms with Crippen molar-refractivity contribution in [3.05, 3.63) is 95.4 Å². The summed E-state index contributed by atoms with van der Waals surface area (Å²) >= 11 is 5.97. The van der Waals surface area contributed by atoms with E-state index in [4.69, 9.17) is 25.8 Å². The standard InChI is InChI=1S/C26H20ClN3O4/c1-32-25-11-20(8-9-23(25)33-15-17-3-2-10-28-13-17)30-16-34-24-12-22(29-14-21(24)26(30)31)18-4-6-19(27)7-5-18/h2-14H,15-16H2,1H3. The first-order valence-corrected chi connectivity index (χ1v) is 10.9. The lowest BCUT2D eigenvalue weighted by Crippen LogP contribution is -2.38. The first-order chi connectivity index (χ1) is 16.6. The van der Waals surface area contributed by atoms with Crippen LogP contribution in [0.1, 0.15) is 15.9 Å². The van der Waals surface area contributed by atoms with E-state index in [1.165, 1.54) is 11.1 Å². The number of fused-ring (bicyclic) bond motifs is 1. The summed E-state index contributed by atoms with van der Waals surface area (Å²) in [6, 6.07) is 18.2. The second-order valence-corrected chi connectivity index (χ2v) is 8.00. The Morgan fingerprint density at radius 1 is 1.06 bits per heavy atom. The van der Waals surface area contributed by atoms with Crippen LogP contribution in [0.15, 0.2) is 79.3 Å². The zero-order valence-corrected chi connectivity index (χ0v) is 19.0. The Bertz CT molecular complexity index is 1330. The van der Waals surface area contributed by atoms with Crippen molar-refractivity contribution >= 4 is 23.2 Å². The number of hydrogen-bond donors (Lipinski definition) is 0. The van der Waals surface area contributed by atoms with E-state index in [0.29, 0.717) is 45.8 Å². The van der Waals surface area contributed by atoms with Gasteiger partial charge in [0.15, 0.2) is 18.2 Å². The summed E-state index contributed by atoms with van der Waals surface area (Å²) in [7, 11) is 1.56. The molecule has 0 spiro atoms. The SMILES string of the molecule is COc1cc(N2COc3cc(-c4ccc(Cl)cc4)ncc3C2=O)ccc1OCc1cccnc1. The topological polar surface area (TPSA) is 73.8 Å². The van der Waals surface area contributed by atoms with Crippen LogP contribution in [0.3, 0.4) is 0 Å². The fourth-order valence-corrected chi connectivity index (χ4v) is 3.74. The van der Waals surface area contributed by atoms with Crippen molar-refractivity contribution in [1.82, 2.24) is 9.97 Å². The van der Waals surface area contributed by atoms with Crippen molar-refractivity contribution in [2.24, 2.45) is 0 Å². The molecule has 7 nitrogen and oxygen atoms in total. The third-order valence-electron chi connectivity index (χ3n) is 5.41. The van der Waals surface area contributed by atoms with Gasteiger partial charge in [-0.2, -0.15) is 0 Å². The number of rotatable bonds is 6. The fourth-order valence-electron chi connectivity index (χ4n) is 3.61. The number of amides is 1. The summed E-state index contributed by atoms with van der Waals surface area (Å²) in [4.78, 5) is 23.3. The molecule has 1 amide bonds. The molecule has 8 heteroatoms. The molecule has 1 aliphatic heterocycles. The highest BCUT2D eigenvalue weighted by Gasteiger charge is 2.28. The van der Waals surface area contributed by atoms with E-state index in [1.807, 2.05) is 24.3 Å². The van der Waals surface area contributed by atoms with Crippen LogP contribution in [-0.4, -0.2) is 29.7 Å². The zero-order chi connectivity index (χ0) is 23.5. The largest absolute Gasteiger partial charge is 0.493 e. The van der Waals surface area contributed by atoms with E-state index in [-0.39, 0.29) is 12.6 Å². The van der Waals surface area contributed by atoms with Gasteiger partial charge in [-0.25, -0.2) is 0 Å². The second kappa shape index (κ2) is 9.41. The van der Waals surface area contributed by atoms with Gasteiger partial charge in [0.2, 0.25) is 0 Å². The maximum atomic E-state index is 13.2. The Balaban J connectivity index is 1.36. The number of hydrogen-bond acceptors (Lipinski definition) is 6. The molecule has 0 saturated heterocycles. The van der Waals surface area contributed by atoms with Crippen LogP contribution in [-0.2, 0) is 6.61 Å². The molecule has 2 aromatic heterocycles. The summed E-state index contributed by atoms with van der Waals surface area (Å²) in [5.41, 5.74) is 3.55. The van der Waals surface area contributed by atoms with Crippen LogP contribution in [0, 0.1) is 0 Å². The Labute approximate surface area is 201 Å². The average Bonchev–Trinajstić information content (AvgIpc) is 2.88. The second-order valence-electron chi connectivity index (χ2n) is 7.56. The number of benzene rings is 2. The van der Waals surface area contributed by atoms with E-state index >= 15 is 0 Å². The lowest BCUT2D eigenvalue weighted by Gasteiger charge is -2.29. The lowest BCUT2D eigenvalue weighted by atomic mass is 10.1. The molecule has 0 radical (unpaired) electrons. The van der Waals surface area contributed by atoms with Gasteiger partial charge >= 0.3 is 0 Å². The Morgan fingerprint density at radius 2 is 1.91 bits per heavy atom. The van der Waals surface area contributed by atoms with Gasteiger partial charge in [0, 0.05) is 46.9 Å². The molecule has 0 atom stereocenters. The van der Waals surface area contributed by atoms with E-state index in [0.717, 1.165) is 11.1 Å². The summed E-state index contributed by atoms with van der Waals surface area (Å²) in [5, 5.41) is 0.646. The smallest absolute Gasteiger partial charge is 0.266 e. The molecule has 0 N–H and O–H groups in total. The molecular formula is C26H20ClN3O4. The van der Waals surface area contributed by atoms with Gasteiger partial charge in [-0.3, -0.25) is 19.7 Å². The summed E-state index contributed by atoms with van der Waals surface area (Å²) < 4.78 is 17.3. The first-order valence-electron chi connectivity index (χ1n) is 10.5. The van der Waals surface area contributed by atoms with Crippen LogP contribution in [0.2, 0.25) is 5.02 Å². The highest BCUT2D eigenvalue weighted by atomic mass is 35.5. The van der Waals surface area contributed by atoms with E-state index in [9.17, 15) is 4.79 Å². The quantitative estimate of drug-likeness (QED) is 0.374. The van der Waals surface area contributed by atoms with Gasteiger partial charge in [-0.15, -0.1) is 0 Å². The maximum absolute atomic E-state index is 13.2. The Kier molecular flexibility index (Phi) is 6.01. The van der Waals surface area contributed by atoms with Gasteiger partial charge in [-0.05, 0) is 30.3 Å². The first kappa shape index (κ1) is 21.7. The number of nitrogens with zero attached hydrogens (tertiary/aromatic N) is 3. The van der Waals surface area contributed by atoms with Crippen molar-refractivity contribution in [1.29, 1.82) is 0 Å². The molecule has 0 fully saturated rings. The highest BCUT2D eigenvalue weighted by molar-refractivity contribution is 6.30. The van der Waals surface area contributed by atoms with Gasteiger partial charge in [0.1, 0.15) is 17.9 Å². The molecule has 3 heterocycles. The number of aromatic nitrogens is 2. The summed E-state index contributed by atoms with van der Waals surface area (Å²) in [6.45, 7) is 0.416. The molecule has 0 aliphatic carbocycles. The van der Waals surface area contributed by atoms with Crippen LogP contribution in [0.25, 0.3) is 11.3 Å². The number of ether oxygens (including phenoxy) is 3. The minimum absolute atomic E-state index is 0.0644. The average molecular weight is 474 g/mol. The number of carbonyl (C=O) groups excluding carboxylic acids is 1. The predicted octanol–water partition coefficient (Wildman–Crippen LogP) is 5.38. The summed E-state index contributed by atoms with van der Waals surface area (Å²) in [6.07, 6.45) is 4.99. The van der Waals surface area contributed by atoms with Crippen LogP contribution >= 0.6 is 11.6 Å². The molecule has 0 bridgehead atoms.